The first-order valence-electron chi connectivity index (χ1n) is 14.3. The Morgan fingerprint density at radius 2 is 1.63 bits per heavy atom. The maximum absolute atomic E-state index is 15.0. The summed E-state index contributed by atoms with van der Waals surface area (Å²) >= 11 is 0. The highest BCUT2D eigenvalue weighted by Crippen LogP contribution is 2.61. The van der Waals surface area contributed by atoms with Gasteiger partial charge in [-0.1, -0.05) is 66.2 Å². The number of carbonyl (C=O) groups is 2. The van der Waals surface area contributed by atoms with Crippen LogP contribution in [-0.4, -0.2) is 35.9 Å². The number of benzene rings is 3. The van der Waals surface area contributed by atoms with E-state index in [0.29, 0.717) is 16.8 Å². The second-order valence-corrected chi connectivity index (χ2v) is 11.7. The minimum atomic E-state index is -1.36. The largest absolute Gasteiger partial charge is 0.508 e. The molecule has 1 aromatic heterocycles. The van der Waals surface area contributed by atoms with E-state index < -0.39 is 46.5 Å². The van der Waals surface area contributed by atoms with Gasteiger partial charge in [-0.2, -0.15) is 5.01 Å². The van der Waals surface area contributed by atoms with Crippen molar-refractivity contribution in [1.82, 2.24) is 18.9 Å². The predicted molar refractivity (Wildman–Crippen MR) is 160 cm³/mol. The number of aromatic nitrogens is 3. The minimum absolute atomic E-state index is 0.114. The van der Waals surface area contributed by atoms with Crippen molar-refractivity contribution in [2.75, 3.05) is 5.43 Å². The first-order chi connectivity index (χ1) is 20.6. The number of amides is 2. The Balaban J connectivity index is 1.50. The molecule has 3 aromatic carbocycles. The Bertz CT molecular complexity index is 1950. The number of hydrogen-bond donors (Lipinski definition) is 2. The standard InChI is InChI=1S/C33H31N5O5/c1-19-9-12-23(13-10-19)34-37-29(40)25-18-26-24(15-16-36-31(42)35(3)32(43)38(26)36)28(21-11-14-27(39)20(2)17-21)33(25,30(37)41)22-7-5-4-6-8-22/h4-15,17,25-26,28,34,39H,16,18H2,1-3H3/t25-,26+,28-,33+/m0/s1. The third-order valence-electron chi connectivity index (χ3n) is 9.40. The van der Waals surface area contributed by atoms with E-state index in [0.717, 1.165) is 26.3 Å². The number of nitrogens with zero attached hydrogens (tertiary/aromatic N) is 4. The van der Waals surface area contributed by atoms with Crippen LogP contribution in [0.25, 0.3) is 0 Å². The zero-order valence-electron chi connectivity index (χ0n) is 24.0. The Hall–Kier alpha value is -5.12. The molecule has 4 aromatic rings. The van der Waals surface area contributed by atoms with Crippen LogP contribution in [0.4, 0.5) is 5.69 Å². The number of aromatic hydroxyl groups is 1. The molecule has 2 amide bonds. The highest BCUT2D eigenvalue weighted by Gasteiger charge is 2.68. The summed E-state index contributed by atoms with van der Waals surface area (Å²) in [6.45, 7) is 3.89. The van der Waals surface area contributed by atoms with Crippen LogP contribution in [0.5, 0.6) is 5.75 Å². The molecule has 1 saturated heterocycles. The van der Waals surface area contributed by atoms with Crippen LogP contribution in [-0.2, 0) is 28.6 Å². The topological polar surface area (TPSA) is 119 Å². The zero-order chi connectivity index (χ0) is 30.2. The molecule has 218 valence electrons. The number of phenols is 1. The molecule has 0 spiro atoms. The van der Waals surface area contributed by atoms with Gasteiger partial charge in [-0.05, 0) is 60.7 Å². The van der Waals surface area contributed by atoms with Crippen molar-refractivity contribution in [3.63, 3.8) is 0 Å². The predicted octanol–water partition coefficient (Wildman–Crippen LogP) is 3.29. The van der Waals surface area contributed by atoms with Crippen LogP contribution in [0.2, 0.25) is 0 Å². The summed E-state index contributed by atoms with van der Waals surface area (Å²) in [6, 6.07) is 21.4. The fourth-order valence-electron chi connectivity index (χ4n) is 7.35. The normalized spacial score (nSPS) is 24.3. The lowest BCUT2D eigenvalue weighted by Crippen LogP contribution is -2.53. The summed E-state index contributed by atoms with van der Waals surface area (Å²) in [5, 5.41) is 11.5. The molecular formula is C33H31N5O5. The third-order valence-corrected chi connectivity index (χ3v) is 9.40. The smallest absolute Gasteiger partial charge is 0.347 e. The summed E-state index contributed by atoms with van der Waals surface area (Å²) in [4.78, 5) is 55.8. The van der Waals surface area contributed by atoms with E-state index in [1.807, 2.05) is 73.7 Å². The van der Waals surface area contributed by atoms with Gasteiger partial charge in [-0.15, -0.1) is 0 Å². The molecule has 1 aliphatic carbocycles. The number of hydrazine groups is 1. The first kappa shape index (κ1) is 26.8. The molecular weight excluding hydrogens is 546 g/mol. The summed E-state index contributed by atoms with van der Waals surface area (Å²) in [5.74, 6) is -2.22. The Kier molecular flexibility index (Phi) is 5.88. The Labute approximate surface area is 247 Å². The summed E-state index contributed by atoms with van der Waals surface area (Å²) in [6.07, 6.45) is 2.07. The second-order valence-electron chi connectivity index (χ2n) is 11.7. The fraction of sp³-hybridized carbons (Fsp3) is 0.273. The fourth-order valence-corrected chi connectivity index (χ4v) is 7.35. The van der Waals surface area contributed by atoms with E-state index in [-0.39, 0.29) is 18.7 Å². The molecule has 4 atom stereocenters. The van der Waals surface area contributed by atoms with Crippen LogP contribution >= 0.6 is 0 Å². The van der Waals surface area contributed by atoms with Crippen molar-refractivity contribution in [1.29, 1.82) is 0 Å². The number of phenolic OH excluding ortho intramolecular Hbond substituents is 1. The van der Waals surface area contributed by atoms with E-state index in [2.05, 4.69) is 5.43 Å². The van der Waals surface area contributed by atoms with Gasteiger partial charge >= 0.3 is 11.4 Å². The average molecular weight is 578 g/mol. The summed E-state index contributed by atoms with van der Waals surface area (Å²) in [7, 11) is 1.44. The molecule has 7 rings (SSSR count). The molecule has 3 aliphatic rings. The van der Waals surface area contributed by atoms with E-state index in [4.69, 9.17) is 0 Å². The molecule has 0 unspecified atom stereocenters. The van der Waals surface area contributed by atoms with Crippen LogP contribution in [0, 0.1) is 19.8 Å². The van der Waals surface area contributed by atoms with Gasteiger partial charge in [0, 0.05) is 13.0 Å². The number of allylic oxidation sites excluding steroid dienone is 2. The van der Waals surface area contributed by atoms with Crippen molar-refractivity contribution in [2.24, 2.45) is 13.0 Å². The van der Waals surface area contributed by atoms with Crippen LogP contribution in [0.1, 0.15) is 40.6 Å². The number of fused-ring (bicyclic) bond motifs is 4. The highest BCUT2D eigenvalue weighted by molar-refractivity contribution is 6.12. The number of rotatable bonds is 4. The monoisotopic (exact) mass is 577 g/mol. The molecule has 3 heterocycles. The van der Waals surface area contributed by atoms with Crippen molar-refractivity contribution in [3.8, 4) is 5.75 Å². The number of imide groups is 1. The molecule has 2 fully saturated rings. The molecule has 2 N–H and O–H groups in total. The molecule has 0 bridgehead atoms. The lowest BCUT2D eigenvalue weighted by Gasteiger charge is -2.49. The molecule has 0 radical (unpaired) electrons. The van der Waals surface area contributed by atoms with E-state index in [1.165, 1.54) is 16.4 Å². The van der Waals surface area contributed by atoms with Gasteiger partial charge in [0.2, 0.25) is 0 Å². The van der Waals surface area contributed by atoms with Gasteiger partial charge in [0.15, 0.2) is 0 Å². The van der Waals surface area contributed by atoms with E-state index in [1.54, 1.807) is 19.1 Å². The first-order valence-corrected chi connectivity index (χ1v) is 14.3. The maximum Gasteiger partial charge on any atom is 0.347 e. The van der Waals surface area contributed by atoms with Gasteiger partial charge in [0.25, 0.3) is 11.8 Å². The van der Waals surface area contributed by atoms with Crippen molar-refractivity contribution in [3.05, 3.63) is 128 Å². The molecule has 10 nitrogen and oxygen atoms in total. The number of hydrogen-bond acceptors (Lipinski definition) is 6. The zero-order valence-corrected chi connectivity index (χ0v) is 24.0. The number of nitrogens with one attached hydrogen (secondary N) is 1. The second kappa shape index (κ2) is 9.45. The SMILES string of the molecule is Cc1ccc(NN2C(=O)[C@@H]3C[C@@H]4C(=CCn5c(=O)n(C)c(=O)n54)[C@H](c4ccc(O)c(C)c4)[C@]3(c3ccccc3)C2=O)cc1. The summed E-state index contributed by atoms with van der Waals surface area (Å²) in [5.41, 5.74) is 5.28. The lowest BCUT2D eigenvalue weighted by molar-refractivity contribution is -0.138. The van der Waals surface area contributed by atoms with Crippen LogP contribution < -0.4 is 16.8 Å². The number of anilines is 1. The van der Waals surface area contributed by atoms with Gasteiger partial charge < -0.3 is 5.11 Å². The van der Waals surface area contributed by atoms with Gasteiger partial charge in [-0.25, -0.2) is 23.5 Å². The lowest BCUT2D eigenvalue weighted by atomic mass is 9.53. The van der Waals surface area contributed by atoms with Gasteiger partial charge in [-0.3, -0.25) is 15.0 Å². The quantitative estimate of drug-likeness (QED) is 0.284. The van der Waals surface area contributed by atoms with E-state index >= 15 is 0 Å². The van der Waals surface area contributed by atoms with Crippen LogP contribution in [0.3, 0.4) is 0 Å². The average Bonchev–Trinajstić information content (AvgIpc) is 3.36. The Morgan fingerprint density at radius 3 is 2.33 bits per heavy atom. The van der Waals surface area contributed by atoms with Crippen molar-refractivity contribution >= 4 is 17.5 Å². The minimum Gasteiger partial charge on any atom is -0.508 e. The Morgan fingerprint density at radius 1 is 0.907 bits per heavy atom. The summed E-state index contributed by atoms with van der Waals surface area (Å²) < 4.78 is 3.91. The highest BCUT2D eigenvalue weighted by atomic mass is 16.3. The van der Waals surface area contributed by atoms with Crippen LogP contribution in [0.15, 0.2) is 94.0 Å². The third kappa shape index (κ3) is 3.65. The maximum atomic E-state index is 15.0. The van der Waals surface area contributed by atoms with E-state index in [9.17, 15) is 24.3 Å². The van der Waals surface area contributed by atoms with Crippen molar-refractivity contribution < 1.29 is 14.7 Å². The molecule has 43 heavy (non-hydrogen) atoms. The molecule has 1 saturated carbocycles. The van der Waals surface area contributed by atoms with Gasteiger partial charge in [0.1, 0.15) is 5.75 Å². The number of carbonyl (C=O) groups excluding carboxylic acids is 2. The number of aryl methyl sites for hydroxylation is 2. The molecule has 2 aliphatic heterocycles. The van der Waals surface area contributed by atoms with Crippen molar-refractivity contribution in [2.45, 2.75) is 44.2 Å². The van der Waals surface area contributed by atoms with Gasteiger partial charge in [0.05, 0.1) is 29.6 Å². The molecule has 10 heteroatoms.